The van der Waals surface area contributed by atoms with Crippen molar-refractivity contribution in [2.75, 3.05) is 13.2 Å². The number of nitrogens with one attached hydrogen (secondary N) is 1. The number of rotatable bonds is 7. The van der Waals surface area contributed by atoms with Crippen molar-refractivity contribution < 1.29 is 19.1 Å². The van der Waals surface area contributed by atoms with Gasteiger partial charge in [0.25, 0.3) is 0 Å². The Balaban J connectivity index is 1.44. The average Bonchev–Trinajstić information content (AvgIpc) is 3.08. The van der Waals surface area contributed by atoms with E-state index in [0.29, 0.717) is 25.5 Å². The fourth-order valence-corrected chi connectivity index (χ4v) is 3.40. The van der Waals surface area contributed by atoms with Crippen LogP contribution in [0.3, 0.4) is 0 Å². The summed E-state index contributed by atoms with van der Waals surface area (Å²) in [7, 11) is 0. The van der Waals surface area contributed by atoms with Crippen LogP contribution < -0.4 is 5.32 Å². The van der Waals surface area contributed by atoms with E-state index < -0.39 is 6.09 Å². The van der Waals surface area contributed by atoms with Gasteiger partial charge in [-0.25, -0.2) is 4.79 Å². The second kappa shape index (κ2) is 9.21. The molecule has 1 atom stereocenters. The van der Waals surface area contributed by atoms with E-state index in [-0.39, 0.29) is 12.6 Å². The van der Waals surface area contributed by atoms with Crippen molar-refractivity contribution in [1.82, 2.24) is 5.32 Å². The number of esters is 1. The monoisotopic (exact) mass is 367 g/mol. The lowest BCUT2D eigenvalue weighted by molar-refractivity contribution is -0.142. The van der Waals surface area contributed by atoms with Gasteiger partial charge in [-0.15, -0.1) is 0 Å². The number of carbonyl (C=O) groups excluding carboxylic acids is 2. The molecule has 0 aromatic heterocycles. The van der Waals surface area contributed by atoms with Gasteiger partial charge in [-0.05, 0) is 47.9 Å². The van der Waals surface area contributed by atoms with E-state index >= 15 is 0 Å². The predicted molar refractivity (Wildman–Crippen MR) is 102 cm³/mol. The first-order valence-electron chi connectivity index (χ1n) is 9.35. The van der Waals surface area contributed by atoms with Crippen molar-refractivity contribution >= 4 is 12.1 Å². The third kappa shape index (κ3) is 5.58. The molecule has 0 heterocycles. The molecule has 1 N–H and O–H groups in total. The van der Waals surface area contributed by atoms with Crippen LogP contribution in [0.15, 0.2) is 48.5 Å². The van der Waals surface area contributed by atoms with Crippen molar-refractivity contribution in [3.8, 4) is 0 Å². The van der Waals surface area contributed by atoms with Crippen molar-refractivity contribution in [3.05, 3.63) is 70.8 Å². The van der Waals surface area contributed by atoms with E-state index in [1.165, 1.54) is 11.1 Å². The Morgan fingerprint density at radius 1 is 1.00 bits per heavy atom. The zero-order valence-electron chi connectivity index (χ0n) is 15.6. The molecule has 27 heavy (non-hydrogen) atoms. The normalized spacial score (nSPS) is 15.1. The maximum atomic E-state index is 11.9. The summed E-state index contributed by atoms with van der Waals surface area (Å²) in [5.74, 6) is 0.150. The number of hydrogen-bond donors (Lipinski definition) is 1. The van der Waals surface area contributed by atoms with Gasteiger partial charge < -0.3 is 14.8 Å². The number of fused-ring (bicyclic) bond motifs is 1. The summed E-state index contributed by atoms with van der Waals surface area (Å²) in [5, 5.41) is 2.86. The van der Waals surface area contributed by atoms with Crippen molar-refractivity contribution in [3.63, 3.8) is 0 Å². The smallest absolute Gasteiger partial charge is 0.407 e. The van der Waals surface area contributed by atoms with Crippen molar-refractivity contribution in [2.24, 2.45) is 5.92 Å². The third-order valence-corrected chi connectivity index (χ3v) is 4.69. The highest BCUT2D eigenvalue weighted by molar-refractivity contribution is 5.72. The molecule has 142 valence electrons. The van der Waals surface area contributed by atoms with E-state index in [2.05, 4.69) is 17.4 Å². The zero-order chi connectivity index (χ0) is 19.1. The second-order valence-electron chi connectivity index (χ2n) is 6.80. The first-order valence-corrected chi connectivity index (χ1v) is 9.35. The van der Waals surface area contributed by atoms with Gasteiger partial charge in [0.2, 0.25) is 0 Å². The minimum absolute atomic E-state index is 0.199. The number of benzene rings is 2. The predicted octanol–water partition coefficient (Wildman–Crippen LogP) is 3.43. The minimum atomic E-state index is -0.391. The Kier molecular flexibility index (Phi) is 6.47. The number of alkyl carbamates (subject to hydrolysis) is 1. The molecule has 0 radical (unpaired) electrons. The van der Waals surface area contributed by atoms with Crippen LogP contribution in [0, 0.1) is 5.92 Å². The molecule has 0 aliphatic heterocycles. The van der Waals surface area contributed by atoms with Crippen LogP contribution in [0.2, 0.25) is 0 Å². The van der Waals surface area contributed by atoms with E-state index in [1.54, 1.807) is 0 Å². The average molecular weight is 367 g/mol. The molecule has 1 aliphatic carbocycles. The quantitative estimate of drug-likeness (QED) is 0.762. The van der Waals surface area contributed by atoms with Gasteiger partial charge in [0.05, 0.1) is 13.0 Å². The molecule has 1 amide bonds. The van der Waals surface area contributed by atoms with Crippen LogP contribution in [0.4, 0.5) is 4.79 Å². The highest BCUT2D eigenvalue weighted by Gasteiger charge is 2.22. The largest absolute Gasteiger partial charge is 0.466 e. The molecule has 2 aromatic carbocycles. The number of amides is 1. The molecule has 0 bridgehead atoms. The first kappa shape index (κ1) is 19.0. The summed E-state index contributed by atoms with van der Waals surface area (Å²) < 4.78 is 10.3. The van der Waals surface area contributed by atoms with Crippen LogP contribution in [0.25, 0.3) is 0 Å². The maximum absolute atomic E-state index is 11.9. The lowest BCUT2D eigenvalue weighted by Crippen LogP contribution is -2.30. The molecule has 0 spiro atoms. The Bertz CT molecular complexity index is 788. The van der Waals surface area contributed by atoms with Crippen LogP contribution in [-0.4, -0.2) is 25.2 Å². The fraction of sp³-hybridized carbons (Fsp3) is 0.364. The summed E-state index contributed by atoms with van der Waals surface area (Å²) >= 11 is 0. The molecule has 1 unspecified atom stereocenters. The molecule has 3 rings (SSSR count). The SMILES string of the molecule is CCOC(=O)Cc1ccc2c(c1)CC(CNC(=O)OCc1ccccc1)C2. The van der Waals surface area contributed by atoms with E-state index in [1.807, 2.05) is 43.3 Å². The number of hydrogen-bond acceptors (Lipinski definition) is 4. The van der Waals surface area contributed by atoms with Gasteiger partial charge >= 0.3 is 12.1 Å². The van der Waals surface area contributed by atoms with Gasteiger partial charge in [-0.2, -0.15) is 0 Å². The Morgan fingerprint density at radius 3 is 2.56 bits per heavy atom. The number of carbonyl (C=O) groups is 2. The molecule has 5 heteroatoms. The number of ether oxygens (including phenoxy) is 2. The zero-order valence-corrected chi connectivity index (χ0v) is 15.6. The molecule has 0 fully saturated rings. The van der Waals surface area contributed by atoms with Gasteiger partial charge in [-0.3, -0.25) is 4.79 Å². The minimum Gasteiger partial charge on any atom is -0.466 e. The van der Waals surface area contributed by atoms with Crippen LogP contribution >= 0.6 is 0 Å². The Hall–Kier alpha value is -2.82. The standard InChI is InChI=1S/C22H25NO4/c1-2-26-21(24)13-17-8-9-19-11-18(12-20(19)10-17)14-23-22(25)27-15-16-6-4-3-5-7-16/h3-10,18H,2,11-15H2,1H3,(H,23,25). The highest BCUT2D eigenvalue weighted by atomic mass is 16.5. The summed E-state index contributed by atoms with van der Waals surface area (Å²) in [6, 6.07) is 15.8. The summed E-state index contributed by atoms with van der Waals surface area (Å²) in [5.41, 5.74) is 4.48. The summed E-state index contributed by atoms with van der Waals surface area (Å²) in [4.78, 5) is 23.5. The second-order valence-corrected chi connectivity index (χ2v) is 6.80. The summed E-state index contributed by atoms with van der Waals surface area (Å²) in [6.45, 7) is 3.06. The van der Waals surface area contributed by atoms with Crippen molar-refractivity contribution in [2.45, 2.75) is 32.8 Å². The van der Waals surface area contributed by atoms with Crippen LogP contribution in [0.5, 0.6) is 0 Å². The first-order chi connectivity index (χ1) is 13.1. The molecular weight excluding hydrogens is 342 g/mol. The Labute approximate surface area is 159 Å². The van der Waals surface area contributed by atoms with Crippen LogP contribution in [-0.2, 0) is 40.1 Å². The van der Waals surface area contributed by atoms with Gasteiger partial charge in [-0.1, -0.05) is 48.5 Å². The van der Waals surface area contributed by atoms with Gasteiger partial charge in [0.15, 0.2) is 0 Å². The molecule has 2 aromatic rings. The highest BCUT2D eigenvalue weighted by Crippen LogP contribution is 2.27. The van der Waals surface area contributed by atoms with Gasteiger partial charge in [0.1, 0.15) is 6.61 Å². The van der Waals surface area contributed by atoms with Gasteiger partial charge in [0, 0.05) is 6.54 Å². The fourth-order valence-electron chi connectivity index (χ4n) is 3.40. The molecule has 0 saturated carbocycles. The molecule has 1 aliphatic rings. The lowest BCUT2D eigenvalue weighted by atomic mass is 10.0. The maximum Gasteiger partial charge on any atom is 0.407 e. The topological polar surface area (TPSA) is 64.6 Å². The molecule has 5 nitrogen and oxygen atoms in total. The lowest BCUT2D eigenvalue weighted by Gasteiger charge is -2.11. The van der Waals surface area contributed by atoms with E-state index in [9.17, 15) is 9.59 Å². The molecular formula is C22H25NO4. The van der Waals surface area contributed by atoms with E-state index in [0.717, 1.165) is 24.0 Å². The van der Waals surface area contributed by atoms with Crippen LogP contribution in [0.1, 0.15) is 29.2 Å². The molecule has 0 saturated heterocycles. The Morgan fingerprint density at radius 2 is 1.78 bits per heavy atom. The summed E-state index contributed by atoms with van der Waals surface area (Å²) in [6.07, 6.45) is 1.73. The van der Waals surface area contributed by atoms with E-state index in [4.69, 9.17) is 9.47 Å². The van der Waals surface area contributed by atoms with Crippen molar-refractivity contribution in [1.29, 1.82) is 0 Å². The third-order valence-electron chi connectivity index (χ3n) is 4.69.